The summed E-state index contributed by atoms with van der Waals surface area (Å²) in [6.07, 6.45) is 0. The molecule has 0 aliphatic rings. The number of benzene rings is 1. The molecule has 0 aromatic heterocycles. The number of ether oxygens (including phenoxy) is 3. The quantitative estimate of drug-likeness (QED) is 0.770. The van der Waals surface area contributed by atoms with E-state index in [9.17, 15) is 0 Å². The molecule has 0 heterocycles. The van der Waals surface area contributed by atoms with E-state index in [0.29, 0.717) is 5.92 Å². The summed E-state index contributed by atoms with van der Waals surface area (Å²) in [5.41, 5.74) is 1.18. The summed E-state index contributed by atoms with van der Waals surface area (Å²) in [4.78, 5) is 0. The number of rotatable bonds is 8. The lowest BCUT2D eigenvalue weighted by Crippen LogP contribution is -2.23. The molecule has 0 saturated heterocycles. The van der Waals surface area contributed by atoms with Crippen LogP contribution in [0.25, 0.3) is 0 Å². The fourth-order valence-electron chi connectivity index (χ4n) is 1.80. The molecule has 0 fully saturated rings. The molecular weight excluding hydrogens is 230 g/mol. The van der Waals surface area contributed by atoms with Gasteiger partial charge in [-0.15, -0.1) is 0 Å². The van der Waals surface area contributed by atoms with Crippen LogP contribution in [0.5, 0.6) is 11.5 Å². The Labute approximate surface area is 109 Å². The third-order valence-electron chi connectivity index (χ3n) is 2.72. The second kappa shape index (κ2) is 7.95. The van der Waals surface area contributed by atoms with Crippen LogP contribution in [-0.2, 0) is 11.3 Å². The van der Waals surface area contributed by atoms with Gasteiger partial charge in [-0.1, -0.05) is 13.0 Å². The van der Waals surface area contributed by atoms with Crippen LogP contribution in [0.15, 0.2) is 18.2 Å². The van der Waals surface area contributed by atoms with Crippen molar-refractivity contribution in [3.8, 4) is 11.5 Å². The average molecular weight is 253 g/mol. The van der Waals surface area contributed by atoms with Gasteiger partial charge in [0, 0.05) is 26.8 Å². The Kier molecular flexibility index (Phi) is 6.54. The molecular formula is C14H23NO3. The van der Waals surface area contributed by atoms with Gasteiger partial charge in [0.1, 0.15) is 0 Å². The first-order valence-corrected chi connectivity index (χ1v) is 6.11. The molecule has 1 aromatic rings. The molecule has 0 radical (unpaired) electrons. The lowest BCUT2D eigenvalue weighted by Gasteiger charge is -2.13. The minimum absolute atomic E-state index is 0.509. The van der Waals surface area contributed by atoms with Gasteiger partial charge >= 0.3 is 0 Å². The zero-order valence-electron chi connectivity index (χ0n) is 11.7. The molecule has 0 aliphatic carbocycles. The topological polar surface area (TPSA) is 39.7 Å². The van der Waals surface area contributed by atoms with Gasteiger partial charge in [-0.3, -0.25) is 0 Å². The fourth-order valence-corrected chi connectivity index (χ4v) is 1.80. The summed E-state index contributed by atoms with van der Waals surface area (Å²) in [5.74, 6) is 2.03. The molecule has 4 heteroatoms. The highest BCUT2D eigenvalue weighted by molar-refractivity contribution is 5.42. The summed E-state index contributed by atoms with van der Waals surface area (Å²) in [6.45, 7) is 4.68. The van der Waals surface area contributed by atoms with Gasteiger partial charge in [0.15, 0.2) is 11.5 Å². The number of methoxy groups -OCH3 is 3. The highest BCUT2D eigenvalue weighted by atomic mass is 16.5. The minimum Gasteiger partial charge on any atom is -0.493 e. The smallest absolute Gasteiger partial charge is 0.161 e. The normalized spacial score (nSPS) is 12.2. The molecule has 0 amide bonds. The largest absolute Gasteiger partial charge is 0.493 e. The van der Waals surface area contributed by atoms with Crippen molar-refractivity contribution < 1.29 is 14.2 Å². The molecule has 18 heavy (non-hydrogen) atoms. The van der Waals surface area contributed by atoms with Crippen LogP contribution in [0.3, 0.4) is 0 Å². The summed E-state index contributed by atoms with van der Waals surface area (Å²) in [7, 11) is 5.02. The predicted octanol–water partition coefficient (Wildman–Crippen LogP) is 2.08. The zero-order chi connectivity index (χ0) is 13.4. The monoisotopic (exact) mass is 253 g/mol. The lowest BCUT2D eigenvalue weighted by molar-refractivity contribution is 0.158. The third kappa shape index (κ3) is 4.55. The summed E-state index contributed by atoms with van der Waals surface area (Å²) >= 11 is 0. The van der Waals surface area contributed by atoms with E-state index in [1.165, 1.54) is 5.56 Å². The second-order valence-electron chi connectivity index (χ2n) is 4.38. The van der Waals surface area contributed by atoms with E-state index in [1.54, 1.807) is 21.3 Å². The Bertz CT molecular complexity index is 355. The van der Waals surface area contributed by atoms with E-state index in [4.69, 9.17) is 14.2 Å². The van der Waals surface area contributed by atoms with Crippen LogP contribution >= 0.6 is 0 Å². The van der Waals surface area contributed by atoms with E-state index < -0.39 is 0 Å². The Balaban J connectivity index is 2.47. The minimum atomic E-state index is 0.509. The van der Waals surface area contributed by atoms with Gasteiger partial charge in [-0.2, -0.15) is 0 Å². The third-order valence-corrected chi connectivity index (χ3v) is 2.72. The molecule has 4 nitrogen and oxygen atoms in total. The van der Waals surface area contributed by atoms with Gasteiger partial charge < -0.3 is 19.5 Å². The van der Waals surface area contributed by atoms with Crippen molar-refractivity contribution in [3.63, 3.8) is 0 Å². The predicted molar refractivity (Wildman–Crippen MR) is 72.3 cm³/mol. The highest BCUT2D eigenvalue weighted by Crippen LogP contribution is 2.27. The average Bonchev–Trinajstić information content (AvgIpc) is 2.38. The van der Waals surface area contributed by atoms with Crippen molar-refractivity contribution in [2.24, 2.45) is 5.92 Å². The molecule has 1 atom stereocenters. The molecule has 1 N–H and O–H groups in total. The summed E-state index contributed by atoms with van der Waals surface area (Å²) in [5, 5.41) is 3.40. The first-order chi connectivity index (χ1) is 8.71. The number of nitrogens with one attached hydrogen (secondary N) is 1. The van der Waals surface area contributed by atoms with Crippen molar-refractivity contribution in [2.45, 2.75) is 13.5 Å². The van der Waals surface area contributed by atoms with Crippen molar-refractivity contribution >= 4 is 0 Å². The molecule has 1 aromatic carbocycles. The Morgan fingerprint density at radius 2 is 1.83 bits per heavy atom. The first kappa shape index (κ1) is 14.8. The second-order valence-corrected chi connectivity index (χ2v) is 4.38. The van der Waals surface area contributed by atoms with Gasteiger partial charge in [0.2, 0.25) is 0 Å². The number of hydrogen-bond donors (Lipinski definition) is 1. The van der Waals surface area contributed by atoms with E-state index >= 15 is 0 Å². The highest BCUT2D eigenvalue weighted by Gasteiger charge is 2.05. The van der Waals surface area contributed by atoms with Crippen molar-refractivity contribution in [2.75, 3.05) is 34.5 Å². The summed E-state index contributed by atoms with van der Waals surface area (Å²) < 4.78 is 15.6. The van der Waals surface area contributed by atoms with E-state index in [1.807, 2.05) is 18.2 Å². The Morgan fingerprint density at radius 1 is 1.11 bits per heavy atom. The summed E-state index contributed by atoms with van der Waals surface area (Å²) in [6, 6.07) is 5.95. The van der Waals surface area contributed by atoms with Crippen LogP contribution in [0.1, 0.15) is 12.5 Å². The maximum atomic E-state index is 5.27. The van der Waals surface area contributed by atoms with Gasteiger partial charge in [0.05, 0.1) is 14.2 Å². The molecule has 0 saturated carbocycles. The van der Waals surface area contributed by atoms with Gasteiger partial charge in [0.25, 0.3) is 0 Å². The van der Waals surface area contributed by atoms with E-state index in [2.05, 4.69) is 12.2 Å². The van der Waals surface area contributed by atoms with Crippen LogP contribution in [-0.4, -0.2) is 34.5 Å². The zero-order valence-corrected chi connectivity index (χ0v) is 11.7. The lowest BCUT2D eigenvalue weighted by atomic mass is 10.1. The van der Waals surface area contributed by atoms with E-state index in [0.717, 1.165) is 31.2 Å². The Morgan fingerprint density at radius 3 is 2.44 bits per heavy atom. The standard InChI is InChI=1S/C14H23NO3/c1-11(10-16-2)8-15-9-12-5-6-13(17-3)14(7-12)18-4/h5-7,11,15H,8-10H2,1-4H3. The SMILES string of the molecule is COCC(C)CNCc1ccc(OC)c(OC)c1. The molecule has 1 rings (SSSR count). The van der Waals surface area contributed by atoms with Crippen LogP contribution in [0.4, 0.5) is 0 Å². The van der Waals surface area contributed by atoms with Gasteiger partial charge in [-0.25, -0.2) is 0 Å². The maximum Gasteiger partial charge on any atom is 0.161 e. The number of hydrogen-bond acceptors (Lipinski definition) is 4. The van der Waals surface area contributed by atoms with E-state index in [-0.39, 0.29) is 0 Å². The molecule has 0 spiro atoms. The Hall–Kier alpha value is -1.26. The molecule has 1 unspecified atom stereocenters. The molecule has 0 bridgehead atoms. The van der Waals surface area contributed by atoms with Crippen molar-refractivity contribution in [1.82, 2.24) is 5.32 Å². The van der Waals surface area contributed by atoms with Crippen LogP contribution in [0, 0.1) is 5.92 Å². The fraction of sp³-hybridized carbons (Fsp3) is 0.571. The van der Waals surface area contributed by atoms with Crippen molar-refractivity contribution in [3.05, 3.63) is 23.8 Å². The maximum absolute atomic E-state index is 5.27. The van der Waals surface area contributed by atoms with Crippen LogP contribution in [0.2, 0.25) is 0 Å². The first-order valence-electron chi connectivity index (χ1n) is 6.11. The molecule has 0 aliphatic heterocycles. The molecule has 102 valence electrons. The van der Waals surface area contributed by atoms with Crippen molar-refractivity contribution in [1.29, 1.82) is 0 Å². The van der Waals surface area contributed by atoms with Crippen LogP contribution < -0.4 is 14.8 Å². The van der Waals surface area contributed by atoms with Gasteiger partial charge in [-0.05, 0) is 23.6 Å².